The zero-order valence-electron chi connectivity index (χ0n) is 16.0. The van der Waals surface area contributed by atoms with Gasteiger partial charge in [-0.15, -0.1) is 11.3 Å². The fourth-order valence-corrected chi connectivity index (χ4v) is 4.45. The molecule has 0 aliphatic carbocycles. The highest BCUT2D eigenvalue weighted by Gasteiger charge is 2.52. The molecule has 1 saturated heterocycles. The largest absolute Gasteiger partial charge is 0.496 e. The average molecular weight is 410 g/mol. The highest BCUT2D eigenvalue weighted by atomic mass is 32.2. The molecule has 0 spiro atoms. The lowest BCUT2D eigenvalue weighted by atomic mass is 9.80. The van der Waals surface area contributed by atoms with Gasteiger partial charge in [0.25, 0.3) is 0 Å². The van der Waals surface area contributed by atoms with E-state index >= 15 is 0 Å². The van der Waals surface area contributed by atoms with Crippen LogP contribution < -0.4 is 14.9 Å². The van der Waals surface area contributed by atoms with Gasteiger partial charge in [-0.3, -0.25) is 0 Å². The number of aromatic nitrogens is 1. The second-order valence-corrected chi connectivity index (χ2v) is 10.0. The molecule has 7 nitrogen and oxygen atoms in total. The molecule has 2 aromatic heterocycles. The van der Waals surface area contributed by atoms with Gasteiger partial charge in [-0.05, 0) is 45.2 Å². The number of rotatable bonds is 6. The van der Waals surface area contributed by atoms with Gasteiger partial charge in [0.15, 0.2) is 0 Å². The lowest BCUT2D eigenvalue weighted by Gasteiger charge is -2.32. The highest BCUT2D eigenvalue weighted by molar-refractivity contribution is 7.89. The maximum atomic E-state index is 12.8. The van der Waals surface area contributed by atoms with E-state index in [2.05, 4.69) is 9.71 Å². The van der Waals surface area contributed by atoms with Gasteiger partial charge < -0.3 is 14.0 Å². The molecule has 1 fully saturated rings. The van der Waals surface area contributed by atoms with Crippen molar-refractivity contribution in [3.63, 3.8) is 0 Å². The van der Waals surface area contributed by atoms with Crippen LogP contribution in [0.15, 0.2) is 34.7 Å². The van der Waals surface area contributed by atoms with Gasteiger partial charge in [0.1, 0.15) is 4.90 Å². The van der Waals surface area contributed by atoms with E-state index in [-0.39, 0.29) is 17.3 Å². The molecule has 0 aromatic carbocycles. The van der Waals surface area contributed by atoms with Crippen LogP contribution in [0.4, 0.5) is 0 Å². The van der Waals surface area contributed by atoms with E-state index in [0.29, 0.717) is 5.46 Å². The van der Waals surface area contributed by atoms with E-state index in [0.717, 1.165) is 4.88 Å². The summed E-state index contributed by atoms with van der Waals surface area (Å²) in [6.07, 6.45) is 1.51. The van der Waals surface area contributed by atoms with Crippen LogP contribution in [-0.2, 0) is 25.9 Å². The van der Waals surface area contributed by atoms with Crippen molar-refractivity contribution in [3.8, 4) is 5.88 Å². The summed E-state index contributed by atoms with van der Waals surface area (Å²) in [4.78, 5) is 5.01. The first kappa shape index (κ1) is 20.3. The number of methoxy groups -OCH3 is 1. The first-order chi connectivity index (χ1) is 12.6. The second-order valence-electron chi connectivity index (χ2n) is 7.27. The molecule has 0 unspecified atom stereocenters. The highest BCUT2D eigenvalue weighted by Crippen LogP contribution is 2.36. The topological polar surface area (TPSA) is 86.8 Å². The molecular weight excluding hydrogens is 387 g/mol. The molecular formula is C17H23BN2O5S2. The summed E-state index contributed by atoms with van der Waals surface area (Å²) >= 11 is 1.48. The molecule has 0 bridgehead atoms. The number of ether oxygens (including phenoxy) is 1. The van der Waals surface area contributed by atoms with Crippen molar-refractivity contribution in [2.75, 3.05) is 7.11 Å². The summed E-state index contributed by atoms with van der Waals surface area (Å²) in [6.45, 7) is 7.94. The van der Waals surface area contributed by atoms with Crippen LogP contribution in [0.1, 0.15) is 32.6 Å². The lowest BCUT2D eigenvalue weighted by Crippen LogP contribution is -2.41. The number of nitrogens with zero attached hydrogens (tertiary/aromatic N) is 1. The van der Waals surface area contributed by atoms with E-state index in [9.17, 15) is 8.42 Å². The molecule has 0 atom stereocenters. The molecule has 0 saturated carbocycles. The van der Waals surface area contributed by atoms with E-state index in [1.807, 2.05) is 45.2 Å². The Labute approximate surface area is 164 Å². The molecule has 146 valence electrons. The van der Waals surface area contributed by atoms with Gasteiger partial charge in [0.05, 0.1) is 18.3 Å². The summed E-state index contributed by atoms with van der Waals surface area (Å²) in [5, 5.41) is 1.89. The van der Waals surface area contributed by atoms with Crippen molar-refractivity contribution in [1.29, 1.82) is 0 Å². The Morgan fingerprint density at radius 3 is 2.48 bits per heavy atom. The SMILES string of the molecule is COc1ncc(B2OC(C)(C)C(C)(C)O2)cc1S(=O)(=O)NCc1cccs1. The Bertz CT molecular complexity index is 897. The van der Waals surface area contributed by atoms with E-state index in [1.54, 1.807) is 0 Å². The maximum Gasteiger partial charge on any atom is 0.496 e. The van der Waals surface area contributed by atoms with Crippen molar-refractivity contribution >= 4 is 33.9 Å². The van der Waals surface area contributed by atoms with Crippen molar-refractivity contribution < 1.29 is 22.5 Å². The van der Waals surface area contributed by atoms with Crippen molar-refractivity contribution in [2.45, 2.75) is 50.3 Å². The second kappa shape index (κ2) is 7.18. The first-order valence-corrected chi connectivity index (χ1v) is 10.8. The smallest absolute Gasteiger partial charge is 0.480 e. The van der Waals surface area contributed by atoms with Crippen LogP contribution in [0.2, 0.25) is 0 Å². The zero-order chi connectivity index (χ0) is 19.9. The predicted molar refractivity (Wildman–Crippen MR) is 105 cm³/mol. The van der Waals surface area contributed by atoms with Crippen LogP contribution in [0.25, 0.3) is 0 Å². The van der Waals surface area contributed by atoms with Crippen LogP contribution in [0, 0.1) is 0 Å². The first-order valence-electron chi connectivity index (χ1n) is 8.47. The summed E-state index contributed by atoms with van der Waals surface area (Å²) < 4.78 is 45.4. The molecule has 10 heteroatoms. The Kier molecular flexibility index (Phi) is 5.39. The van der Waals surface area contributed by atoms with Crippen molar-refractivity contribution in [1.82, 2.24) is 9.71 Å². The summed E-state index contributed by atoms with van der Waals surface area (Å²) in [6, 6.07) is 5.23. The molecule has 1 N–H and O–H groups in total. The van der Waals surface area contributed by atoms with Gasteiger partial charge in [-0.2, -0.15) is 0 Å². The van der Waals surface area contributed by atoms with Crippen molar-refractivity contribution in [3.05, 3.63) is 34.7 Å². The van der Waals surface area contributed by atoms with E-state index < -0.39 is 28.3 Å². The predicted octanol–water partition coefficient (Wildman–Crippen LogP) is 1.93. The van der Waals surface area contributed by atoms with E-state index in [4.69, 9.17) is 14.0 Å². The third-order valence-corrected chi connectivity index (χ3v) is 7.14. The summed E-state index contributed by atoms with van der Waals surface area (Å²) in [5.41, 5.74) is -0.548. The molecule has 2 aromatic rings. The quantitative estimate of drug-likeness (QED) is 0.733. The molecule has 1 aliphatic rings. The molecule has 1 aliphatic heterocycles. The number of hydrogen-bond donors (Lipinski definition) is 1. The minimum Gasteiger partial charge on any atom is -0.480 e. The van der Waals surface area contributed by atoms with E-state index in [1.165, 1.54) is 30.7 Å². The van der Waals surface area contributed by atoms with Gasteiger partial charge >= 0.3 is 7.12 Å². The van der Waals surface area contributed by atoms with Gasteiger partial charge in [-0.1, -0.05) is 6.07 Å². The minimum absolute atomic E-state index is 0.0222. The summed E-state index contributed by atoms with van der Waals surface area (Å²) in [7, 11) is -3.16. The Morgan fingerprint density at radius 2 is 1.93 bits per heavy atom. The fourth-order valence-electron chi connectivity index (χ4n) is 2.56. The van der Waals surface area contributed by atoms with Crippen LogP contribution in [0.3, 0.4) is 0 Å². The number of pyridine rings is 1. The monoisotopic (exact) mass is 410 g/mol. The molecule has 3 rings (SSSR count). The standard InChI is InChI=1S/C17H23BN2O5S2/c1-16(2)17(3,4)25-18(24-16)12-9-14(15(23-5)19-10-12)27(21,22)20-11-13-7-6-8-26-13/h6-10,20H,11H2,1-5H3. The van der Waals surface area contributed by atoms with Crippen molar-refractivity contribution in [2.24, 2.45) is 0 Å². The normalized spacial score (nSPS) is 18.6. The number of nitrogens with one attached hydrogen (secondary N) is 1. The Morgan fingerprint density at radius 1 is 1.26 bits per heavy atom. The number of hydrogen-bond acceptors (Lipinski definition) is 7. The van der Waals surface area contributed by atoms with Gasteiger partial charge in [0.2, 0.25) is 15.9 Å². The third kappa shape index (κ3) is 4.04. The fraction of sp³-hybridized carbons (Fsp3) is 0.471. The van der Waals surface area contributed by atoms with Crippen LogP contribution in [0.5, 0.6) is 5.88 Å². The molecule has 0 amide bonds. The Hall–Kier alpha value is -1.46. The Balaban J connectivity index is 1.90. The molecule has 27 heavy (non-hydrogen) atoms. The summed E-state index contributed by atoms with van der Waals surface area (Å²) in [5.74, 6) is 0.0222. The third-order valence-electron chi connectivity index (χ3n) is 4.86. The molecule has 3 heterocycles. The zero-order valence-corrected chi connectivity index (χ0v) is 17.6. The van der Waals surface area contributed by atoms with Gasteiger partial charge in [-0.25, -0.2) is 18.1 Å². The molecule has 0 radical (unpaired) electrons. The van der Waals surface area contributed by atoms with Gasteiger partial charge in [0, 0.05) is 23.1 Å². The number of thiophene rings is 1. The maximum absolute atomic E-state index is 12.8. The van der Waals surface area contributed by atoms with Crippen LogP contribution in [-0.4, -0.2) is 38.8 Å². The van der Waals surface area contributed by atoms with Crippen LogP contribution >= 0.6 is 11.3 Å². The minimum atomic E-state index is -3.83. The average Bonchev–Trinajstić information content (AvgIpc) is 3.18. The lowest BCUT2D eigenvalue weighted by molar-refractivity contribution is 0.00578. The number of sulfonamides is 1.